The molecule has 0 saturated carbocycles. The fourth-order valence-corrected chi connectivity index (χ4v) is 3.82. The van der Waals surface area contributed by atoms with Crippen LogP contribution in [-0.2, 0) is 0 Å². The molecule has 0 aliphatic carbocycles. The number of nitrogens with one attached hydrogen (secondary N) is 1. The van der Waals surface area contributed by atoms with E-state index in [-0.39, 0.29) is 12.1 Å². The van der Waals surface area contributed by atoms with Gasteiger partial charge in [-0.15, -0.1) is 0 Å². The highest BCUT2D eigenvalue weighted by Gasteiger charge is 2.30. The molecule has 0 amide bonds. The highest BCUT2D eigenvalue weighted by molar-refractivity contribution is 5.86. The summed E-state index contributed by atoms with van der Waals surface area (Å²) in [5.41, 5.74) is 2.58. The minimum atomic E-state index is 0.162. The van der Waals surface area contributed by atoms with E-state index in [1.165, 1.54) is 21.9 Å². The highest BCUT2D eigenvalue weighted by atomic mass is 15.4. The second kappa shape index (κ2) is 5.74. The van der Waals surface area contributed by atoms with E-state index < -0.39 is 0 Å². The van der Waals surface area contributed by atoms with E-state index in [4.69, 9.17) is 0 Å². The van der Waals surface area contributed by atoms with Gasteiger partial charge in [0.25, 0.3) is 0 Å². The molecule has 0 saturated heterocycles. The summed E-state index contributed by atoms with van der Waals surface area (Å²) in [5, 5.41) is 10.6. The van der Waals surface area contributed by atoms with Gasteiger partial charge in [-0.3, -0.25) is 0 Å². The Hall–Kier alpha value is -3.14. The second-order valence-electron chi connectivity index (χ2n) is 6.46. The minimum absolute atomic E-state index is 0.162. The molecule has 3 aromatic carbocycles. The van der Waals surface area contributed by atoms with Crippen LogP contribution in [0, 0.1) is 0 Å². The lowest BCUT2D eigenvalue weighted by atomic mass is 9.90. The molecule has 2 heterocycles. The molecular weight excluding hydrogens is 308 g/mol. The Balaban J connectivity index is 1.65. The topological polar surface area (TPSA) is 42.7 Å². The molecule has 4 aromatic rings. The predicted molar refractivity (Wildman–Crippen MR) is 99.5 cm³/mol. The van der Waals surface area contributed by atoms with Crippen molar-refractivity contribution in [3.05, 3.63) is 90.3 Å². The number of benzene rings is 3. The molecule has 1 aliphatic heterocycles. The molecular formula is C21H18N4. The van der Waals surface area contributed by atoms with Crippen molar-refractivity contribution in [3.63, 3.8) is 0 Å². The molecule has 4 nitrogen and oxygen atoms in total. The molecule has 4 heteroatoms. The van der Waals surface area contributed by atoms with Crippen LogP contribution in [0.5, 0.6) is 0 Å². The first-order valence-corrected chi connectivity index (χ1v) is 8.59. The van der Waals surface area contributed by atoms with Gasteiger partial charge in [0, 0.05) is 0 Å². The van der Waals surface area contributed by atoms with Gasteiger partial charge in [0.1, 0.15) is 6.33 Å². The molecule has 1 aromatic heterocycles. The molecule has 0 fully saturated rings. The van der Waals surface area contributed by atoms with Gasteiger partial charge in [-0.25, -0.2) is 4.68 Å². The van der Waals surface area contributed by atoms with Gasteiger partial charge in [-0.05, 0) is 28.3 Å². The van der Waals surface area contributed by atoms with E-state index >= 15 is 0 Å². The van der Waals surface area contributed by atoms with E-state index in [0.717, 1.165) is 12.4 Å². The van der Waals surface area contributed by atoms with Crippen LogP contribution in [0.1, 0.15) is 29.6 Å². The Labute approximate surface area is 146 Å². The van der Waals surface area contributed by atoms with Crippen molar-refractivity contribution in [1.82, 2.24) is 14.8 Å². The highest BCUT2D eigenvalue weighted by Crippen LogP contribution is 2.39. The van der Waals surface area contributed by atoms with Crippen LogP contribution in [0.2, 0.25) is 0 Å². The van der Waals surface area contributed by atoms with Crippen LogP contribution >= 0.6 is 0 Å². The molecule has 0 spiro atoms. The number of aromatic nitrogens is 3. The van der Waals surface area contributed by atoms with Crippen LogP contribution in [0.3, 0.4) is 0 Å². The van der Waals surface area contributed by atoms with Crippen molar-refractivity contribution in [2.45, 2.75) is 18.5 Å². The standard InChI is InChI=1S/C21H18N4/c1-2-8-16(9-3-1)19-13-20(25-21(24-19)22-14-23-25)18-12-6-10-15-7-4-5-11-17(15)18/h1-12,14,19-20H,13H2,(H,22,23,24)/t19-,20-/m1/s1. The molecule has 0 radical (unpaired) electrons. The van der Waals surface area contributed by atoms with Crippen LogP contribution in [0.25, 0.3) is 10.8 Å². The van der Waals surface area contributed by atoms with E-state index in [1.54, 1.807) is 6.33 Å². The zero-order chi connectivity index (χ0) is 16.6. The fraction of sp³-hybridized carbons (Fsp3) is 0.143. The van der Waals surface area contributed by atoms with Crippen molar-refractivity contribution in [2.24, 2.45) is 0 Å². The van der Waals surface area contributed by atoms with Crippen molar-refractivity contribution >= 4 is 16.7 Å². The lowest BCUT2D eigenvalue weighted by Gasteiger charge is -2.32. The van der Waals surface area contributed by atoms with Crippen LogP contribution in [0.4, 0.5) is 5.95 Å². The molecule has 25 heavy (non-hydrogen) atoms. The predicted octanol–water partition coefficient (Wildman–Crippen LogP) is 4.58. The average molecular weight is 326 g/mol. The monoisotopic (exact) mass is 326 g/mol. The largest absolute Gasteiger partial charge is 0.348 e. The summed E-state index contributed by atoms with van der Waals surface area (Å²) in [6.07, 6.45) is 2.57. The maximum absolute atomic E-state index is 4.49. The normalized spacial score (nSPS) is 19.4. The maximum Gasteiger partial charge on any atom is 0.222 e. The van der Waals surface area contributed by atoms with Gasteiger partial charge in [-0.2, -0.15) is 10.1 Å². The van der Waals surface area contributed by atoms with Gasteiger partial charge in [-0.1, -0.05) is 72.8 Å². The summed E-state index contributed by atoms with van der Waals surface area (Å²) in [7, 11) is 0. The molecule has 1 aliphatic rings. The fourth-order valence-electron chi connectivity index (χ4n) is 3.82. The first kappa shape index (κ1) is 14.2. The van der Waals surface area contributed by atoms with Gasteiger partial charge in [0.15, 0.2) is 0 Å². The summed E-state index contributed by atoms with van der Waals surface area (Å²) < 4.78 is 2.02. The zero-order valence-electron chi connectivity index (χ0n) is 13.7. The van der Waals surface area contributed by atoms with E-state index in [9.17, 15) is 0 Å². The Morgan fingerprint density at radius 3 is 2.60 bits per heavy atom. The first-order chi connectivity index (χ1) is 12.4. The quantitative estimate of drug-likeness (QED) is 0.586. The number of fused-ring (bicyclic) bond motifs is 2. The SMILES string of the molecule is c1ccc([C@H]2C[C@H](c3cccc4ccccc34)n3ncnc3N2)cc1. The molecule has 0 bridgehead atoms. The van der Waals surface area contributed by atoms with Crippen molar-refractivity contribution < 1.29 is 0 Å². The van der Waals surface area contributed by atoms with Crippen molar-refractivity contribution in [3.8, 4) is 0 Å². The Morgan fingerprint density at radius 2 is 1.68 bits per heavy atom. The van der Waals surface area contributed by atoms with Gasteiger partial charge >= 0.3 is 0 Å². The number of nitrogens with zero attached hydrogens (tertiary/aromatic N) is 3. The molecule has 5 rings (SSSR count). The molecule has 2 atom stereocenters. The number of hydrogen-bond acceptors (Lipinski definition) is 3. The first-order valence-electron chi connectivity index (χ1n) is 8.59. The zero-order valence-corrected chi connectivity index (χ0v) is 13.7. The lowest BCUT2D eigenvalue weighted by molar-refractivity contribution is 0.433. The van der Waals surface area contributed by atoms with Crippen molar-refractivity contribution in [2.75, 3.05) is 5.32 Å². The van der Waals surface area contributed by atoms with E-state index in [2.05, 4.69) is 88.2 Å². The number of rotatable bonds is 2. The Morgan fingerprint density at radius 1 is 0.880 bits per heavy atom. The Bertz CT molecular complexity index is 1020. The summed E-state index contributed by atoms with van der Waals surface area (Å²) in [6, 6.07) is 26.0. The van der Waals surface area contributed by atoms with E-state index in [0.29, 0.717) is 0 Å². The number of hydrogen-bond donors (Lipinski definition) is 1. The molecule has 122 valence electrons. The Kier molecular flexibility index (Phi) is 3.27. The smallest absolute Gasteiger partial charge is 0.222 e. The summed E-state index contributed by atoms with van der Waals surface area (Å²) in [5.74, 6) is 0.832. The third kappa shape index (κ3) is 2.38. The molecule has 0 unspecified atom stereocenters. The van der Waals surface area contributed by atoms with Gasteiger partial charge in [0.2, 0.25) is 5.95 Å². The summed E-state index contributed by atoms with van der Waals surface area (Å²) in [4.78, 5) is 4.43. The van der Waals surface area contributed by atoms with Crippen molar-refractivity contribution in [1.29, 1.82) is 0 Å². The maximum atomic E-state index is 4.49. The van der Waals surface area contributed by atoms with E-state index in [1.807, 2.05) is 4.68 Å². The second-order valence-corrected chi connectivity index (χ2v) is 6.46. The van der Waals surface area contributed by atoms with Crippen LogP contribution < -0.4 is 5.32 Å². The molecule has 1 N–H and O–H groups in total. The van der Waals surface area contributed by atoms with Crippen LogP contribution in [-0.4, -0.2) is 14.8 Å². The number of anilines is 1. The third-order valence-corrected chi connectivity index (χ3v) is 5.01. The van der Waals surface area contributed by atoms with Crippen LogP contribution in [0.15, 0.2) is 79.1 Å². The third-order valence-electron chi connectivity index (χ3n) is 5.01. The van der Waals surface area contributed by atoms with Gasteiger partial charge in [0.05, 0.1) is 12.1 Å². The lowest BCUT2D eigenvalue weighted by Crippen LogP contribution is -2.28. The summed E-state index contributed by atoms with van der Waals surface area (Å²) >= 11 is 0. The minimum Gasteiger partial charge on any atom is -0.348 e. The van der Waals surface area contributed by atoms with Gasteiger partial charge < -0.3 is 5.32 Å². The average Bonchev–Trinajstić information content (AvgIpc) is 3.16. The summed E-state index contributed by atoms with van der Waals surface area (Å²) in [6.45, 7) is 0.